The van der Waals surface area contributed by atoms with Crippen LogP contribution in [0.15, 0.2) is 60.5 Å². The molecule has 6 N–H and O–H groups in total. The Labute approximate surface area is 209 Å². The van der Waals surface area contributed by atoms with Crippen LogP contribution in [0.5, 0.6) is 0 Å². The first-order valence-corrected chi connectivity index (χ1v) is 11.4. The van der Waals surface area contributed by atoms with E-state index in [9.17, 15) is 14.7 Å². The number of halogens is 1. The number of hydrogen-bond donors (Lipinski definition) is 5. The van der Waals surface area contributed by atoms with Gasteiger partial charge in [0, 0.05) is 11.1 Å². The number of nitrogens with one attached hydrogen (secondary N) is 2. The van der Waals surface area contributed by atoms with Gasteiger partial charge in [-0.25, -0.2) is 0 Å². The first-order valence-electron chi connectivity index (χ1n) is 11.0. The summed E-state index contributed by atoms with van der Waals surface area (Å²) in [7, 11) is 0. The van der Waals surface area contributed by atoms with Crippen LogP contribution in [0, 0.1) is 0 Å². The van der Waals surface area contributed by atoms with Crippen molar-refractivity contribution in [3.63, 3.8) is 0 Å². The van der Waals surface area contributed by atoms with Gasteiger partial charge in [0.1, 0.15) is 17.7 Å². The van der Waals surface area contributed by atoms with Crippen LogP contribution in [0.2, 0.25) is 5.02 Å². The zero-order valence-electron chi connectivity index (χ0n) is 20.1. The first kappa shape index (κ1) is 28.1. The molecule has 1 aliphatic heterocycles. The van der Waals surface area contributed by atoms with Gasteiger partial charge in [-0.1, -0.05) is 48.0 Å². The molecule has 0 aromatic heterocycles. The lowest BCUT2D eigenvalue weighted by Gasteiger charge is -2.24. The van der Waals surface area contributed by atoms with E-state index in [0.29, 0.717) is 5.02 Å². The molecule has 3 rings (SSSR count). The molecule has 0 fully saturated rings. The predicted octanol–water partition coefficient (Wildman–Crippen LogP) is 2.96. The van der Waals surface area contributed by atoms with Gasteiger partial charge in [0.2, 0.25) is 5.88 Å². The van der Waals surface area contributed by atoms with Crippen LogP contribution in [-0.2, 0) is 25.6 Å². The average Bonchev–Trinajstić information content (AvgIpc) is 3.15. The zero-order chi connectivity index (χ0) is 26.2. The van der Waals surface area contributed by atoms with Gasteiger partial charge in [-0.05, 0) is 62.9 Å². The van der Waals surface area contributed by atoms with Gasteiger partial charge in [-0.15, -0.1) is 5.48 Å². The number of nitrogens with two attached hydrogens (primary N) is 1. The lowest BCUT2D eigenvalue weighted by Crippen LogP contribution is -2.48. The van der Waals surface area contributed by atoms with E-state index >= 15 is 0 Å². The molecule has 3 atom stereocenters. The second-order valence-electron chi connectivity index (χ2n) is 8.96. The van der Waals surface area contributed by atoms with E-state index in [-0.39, 0.29) is 12.3 Å². The van der Waals surface area contributed by atoms with Crippen LogP contribution in [0.1, 0.15) is 33.3 Å². The number of carbonyl (C=O) groups excluding carboxylic acids is 1. The minimum atomic E-state index is -1.02. The Bertz CT molecular complexity index is 1040. The number of aliphatic hydroxyl groups is 1. The van der Waals surface area contributed by atoms with Gasteiger partial charge in [0.05, 0.1) is 0 Å². The Hall–Kier alpha value is -3.11. The molecule has 10 heteroatoms. The SMILES string of the molecule is C[C@H](N[C@@H](Cc1ccc(-c2cccc(Cl)c2)cc1)C(=O)O)C(=O)OC(C)(C)C.NC1=CC(O)NO1. The number of hydroxylamine groups is 1. The summed E-state index contributed by atoms with van der Waals surface area (Å²) in [6.07, 6.45) is 0.873. The molecule has 2 aromatic carbocycles. The van der Waals surface area contributed by atoms with Crippen LogP contribution < -0.4 is 16.5 Å². The van der Waals surface area contributed by atoms with E-state index in [1.54, 1.807) is 27.7 Å². The summed E-state index contributed by atoms with van der Waals surface area (Å²) in [5.41, 5.74) is 9.46. The zero-order valence-corrected chi connectivity index (χ0v) is 20.9. The fraction of sp³-hybridized carbons (Fsp3) is 0.360. The van der Waals surface area contributed by atoms with Gasteiger partial charge in [0.15, 0.2) is 6.23 Å². The summed E-state index contributed by atoms with van der Waals surface area (Å²) < 4.78 is 5.30. The van der Waals surface area contributed by atoms with Crippen molar-refractivity contribution in [1.29, 1.82) is 0 Å². The minimum Gasteiger partial charge on any atom is -0.480 e. The Morgan fingerprint density at radius 2 is 1.86 bits per heavy atom. The van der Waals surface area contributed by atoms with E-state index < -0.39 is 35.9 Å². The Balaban J connectivity index is 0.000000527. The molecular formula is C25H32ClN3O6. The highest BCUT2D eigenvalue weighted by atomic mass is 35.5. The van der Waals surface area contributed by atoms with Gasteiger partial charge >= 0.3 is 11.9 Å². The monoisotopic (exact) mass is 505 g/mol. The van der Waals surface area contributed by atoms with Crippen molar-refractivity contribution in [1.82, 2.24) is 10.8 Å². The molecule has 1 heterocycles. The van der Waals surface area contributed by atoms with Crippen molar-refractivity contribution in [2.45, 2.75) is 58.0 Å². The van der Waals surface area contributed by atoms with Crippen molar-refractivity contribution < 1.29 is 29.4 Å². The molecule has 0 amide bonds. The Morgan fingerprint density at radius 3 is 2.31 bits per heavy atom. The fourth-order valence-electron chi connectivity index (χ4n) is 3.07. The summed E-state index contributed by atoms with van der Waals surface area (Å²) >= 11 is 6.03. The normalized spacial score (nSPS) is 16.7. The molecule has 9 nitrogen and oxygen atoms in total. The number of carbonyl (C=O) groups is 2. The fourth-order valence-corrected chi connectivity index (χ4v) is 3.26. The largest absolute Gasteiger partial charge is 0.480 e. The maximum Gasteiger partial charge on any atom is 0.323 e. The summed E-state index contributed by atoms with van der Waals surface area (Å²) in [6.45, 7) is 6.92. The third-order valence-corrected chi connectivity index (χ3v) is 4.92. The van der Waals surface area contributed by atoms with Gasteiger partial charge in [-0.2, -0.15) is 0 Å². The number of aliphatic hydroxyl groups excluding tert-OH is 1. The molecule has 190 valence electrons. The molecule has 0 saturated carbocycles. The van der Waals surface area contributed by atoms with Crippen LogP contribution in [0.4, 0.5) is 0 Å². The molecule has 35 heavy (non-hydrogen) atoms. The lowest BCUT2D eigenvalue weighted by atomic mass is 10.0. The van der Waals surface area contributed by atoms with Gasteiger partial charge in [0.25, 0.3) is 0 Å². The van der Waals surface area contributed by atoms with E-state index in [1.165, 1.54) is 6.08 Å². The molecular weight excluding hydrogens is 474 g/mol. The van der Waals surface area contributed by atoms with E-state index in [2.05, 4.69) is 15.6 Å². The van der Waals surface area contributed by atoms with E-state index in [0.717, 1.165) is 16.7 Å². The number of benzene rings is 2. The molecule has 0 aliphatic carbocycles. The van der Waals surface area contributed by atoms with Crippen molar-refractivity contribution in [2.75, 3.05) is 0 Å². The van der Waals surface area contributed by atoms with Crippen LogP contribution in [-0.4, -0.2) is 46.1 Å². The number of carboxylic acid groups (broad SMARTS) is 1. The van der Waals surface area contributed by atoms with Crippen LogP contribution in [0.25, 0.3) is 11.1 Å². The summed E-state index contributed by atoms with van der Waals surface area (Å²) in [5.74, 6) is -1.28. The highest BCUT2D eigenvalue weighted by Gasteiger charge is 2.27. The number of ether oxygens (including phenoxy) is 1. The van der Waals surface area contributed by atoms with Crippen LogP contribution >= 0.6 is 11.6 Å². The highest BCUT2D eigenvalue weighted by molar-refractivity contribution is 6.30. The summed E-state index contributed by atoms with van der Waals surface area (Å²) in [4.78, 5) is 28.2. The molecule has 2 aromatic rings. The van der Waals surface area contributed by atoms with Gasteiger partial charge in [-0.3, -0.25) is 14.9 Å². The molecule has 1 aliphatic rings. The van der Waals surface area contributed by atoms with Crippen molar-refractivity contribution in [3.05, 3.63) is 71.1 Å². The second kappa shape index (κ2) is 12.6. The number of aliphatic carboxylic acids is 1. The molecule has 0 bridgehead atoms. The topological polar surface area (TPSA) is 143 Å². The summed E-state index contributed by atoms with van der Waals surface area (Å²) in [5, 5.41) is 21.5. The van der Waals surface area contributed by atoms with Crippen molar-refractivity contribution >= 4 is 23.5 Å². The minimum absolute atomic E-state index is 0.215. The molecule has 0 spiro atoms. The second-order valence-corrected chi connectivity index (χ2v) is 9.39. The number of rotatable bonds is 7. The Kier molecular flexibility index (Phi) is 10.1. The van der Waals surface area contributed by atoms with E-state index in [1.807, 2.05) is 48.5 Å². The number of carboxylic acids is 1. The third kappa shape index (κ3) is 9.96. The predicted molar refractivity (Wildman–Crippen MR) is 133 cm³/mol. The highest BCUT2D eigenvalue weighted by Crippen LogP contribution is 2.23. The van der Waals surface area contributed by atoms with Crippen molar-refractivity contribution in [2.24, 2.45) is 5.73 Å². The smallest absolute Gasteiger partial charge is 0.323 e. The lowest BCUT2D eigenvalue weighted by molar-refractivity contribution is -0.157. The average molecular weight is 506 g/mol. The quantitative estimate of drug-likeness (QED) is 0.359. The van der Waals surface area contributed by atoms with Gasteiger partial charge < -0.3 is 25.5 Å². The Morgan fingerprint density at radius 1 is 1.20 bits per heavy atom. The third-order valence-electron chi connectivity index (χ3n) is 4.68. The molecule has 0 saturated heterocycles. The van der Waals surface area contributed by atoms with E-state index in [4.69, 9.17) is 27.2 Å². The molecule has 1 unspecified atom stereocenters. The standard InChI is InChI=1S/C22H26ClNO4.C3H6N2O2/c1-14(21(27)28-22(2,3)4)24-19(20(25)26)12-15-8-10-16(11-9-15)17-6-5-7-18(23)13-17;4-2-1-3(6)5-7-2/h5-11,13-14,19,24H,12H2,1-4H3,(H,25,26);1,3,5-6H,4H2/t14-,19-;/m0./s1. The summed E-state index contributed by atoms with van der Waals surface area (Å²) in [6, 6.07) is 13.5. The maximum atomic E-state index is 12.1. The number of hydrogen-bond acceptors (Lipinski definition) is 8. The van der Waals surface area contributed by atoms with Crippen molar-refractivity contribution in [3.8, 4) is 11.1 Å². The first-order chi connectivity index (χ1) is 16.3. The maximum absolute atomic E-state index is 12.1. The van der Waals surface area contributed by atoms with Crippen LogP contribution in [0.3, 0.4) is 0 Å². The molecule has 0 radical (unpaired) electrons. The number of esters is 1.